The van der Waals surface area contributed by atoms with Gasteiger partial charge in [-0.15, -0.1) is 0 Å². The fourth-order valence-electron chi connectivity index (χ4n) is 2.73. The lowest BCUT2D eigenvalue weighted by Gasteiger charge is -2.41. The highest BCUT2D eigenvalue weighted by atomic mass is 35.5. The largest absolute Gasteiger partial charge is 0.375 e. The zero-order chi connectivity index (χ0) is 14.0. The topological polar surface area (TPSA) is 64.3 Å². The van der Waals surface area contributed by atoms with Gasteiger partial charge in [-0.1, -0.05) is 11.6 Å². The smallest absolute Gasteiger partial charge is 0.243 e. The van der Waals surface area contributed by atoms with Crippen LogP contribution in [0.5, 0.6) is 0 Å². The molecule has 0 radical (unpaired) electrons. The van der Waals surface area contributed by atoms with Crippen LogP contribution >= 0.6 is 11.6 Å². The fraction of sp³-hybridized carbons (Fsp3) is 0.500. The quantitative estimate of drug-likeness (QED) is 0.895. The van der Waals surface area contributed by atoms with Crippen LogP contribution in [0.4, 0.5) is 5.69 Å². The molecule has 1 aromatic rings. The normalized spacial score (nSPS) is 30.9. The molecule has 4 nitrogen and oxygen atoms in total. The third kappa shape index (κ3) is 3.19. The number of carbonyl (C=O) groups excluding carboxylic acids is 1. The number of hydrogen-bond donors (Lipinski definition) is 2. The van der Waals surface area contributed by atoms with Crippen LogP contribution in [0, 0.1) is 0 Å². The van der Waals surface area contributed by atoms with Crippen molar-refractivity contribution in [2.45, 2.75) is 44.4 Å². The Kier molecular flexibility index (Phi) is 4.02. The van der Waals surface area contributed by atoms with Gasteiger partial charge in [0.2, 0.25) is 5.91 Å². The highest BCUT2D eigenvalue weighted by Crippen LogP contribution is 2.32. The molecule has 0 saturated carbocycles. The first-order valence-corrected chi connectivity index (χ1v) is 6.78. The lowest BCUT2D eigenvalue weighted by molar-refractivity contribution is -0.131. The second-order valence-corrected chi connectivity index (χ2v) is 5.68. The summed E-state index contributed by atoms with van der Waals surface area (Å²) in [5.41, 5.74) is 5.70. The molecule has 1 aliphatic heterocycles. The van der Waals surface area contributed by atoms with Crippen molar-refractivity contribution in [1.29, 1.82) is 0 Å². The molecule has 2 unspecified atom stereocenters. The van der Waals surface area contributed by atoms with Crippen LogP contribution < -0.4 is 11.1 Å². The molecule has 1 heterocycles. The molecule has 19 heavy (non-hydrogen) atoms. The Morgan fingerprint density at radius 1 is 1.32 bits per heavy atom. The molecule has 5 heteroatoms. The molecule has 0 bridgehead atoms. The molecule has 1 saturated heterocycles. The first-order valence-electron chi connectivity index (χ1n) is 6.40. The van der Waals surface area contributed by atoms with Crippen LogP contribution in [0.3, 0.4) is 0 Å². The number of halogens is 1. The Labute approximate surface area is 118 Å². The molecular weight excluding hydrogens is 264 g/mol. The van der Waals surface area contributed by atoms with E-state index in [1.165, 1.54) is 0 Å². The van der Waals surface area contributed by atoms with Crippen LogP contribution in [0.15, 0.2) is 24.3 Å². The third-order valence-electron chi connectivity index (χ3n) is 3.44. The van der Waals surface area contributed by atoms with Crippen molar-refractivity contribution < 1.29 is 9.53 Å². The van der Waals surface area contributed by atoms with Gasteiger partial charge < -0.3 is 15.8 Å². The zero-order valence-electron chi connectivity index (χ0n) is 11.2. The number of ether oxygens (including phenoxy) is 1. The van der Waals surface area contributed by atoms with Gasteiger partial charge >= 0.3 is 0 Å². The van der Waals surface area contributed by atoms with Crippen molar-refractivity contribution in [3.8, 4) is 0 Å². The lowest BCUT2D eigenvalue weighted by atomic mass is 9.83. The van der Waals surface area contributed by atoms with E-state index in [0.29, 0.717) is 17.9 Å². The molecular formula is C14H19ClN2O2. The Morgan fingerprint density at radius 2 is 1.84 bits per heavy atom. The van der Waals surface area contributed by atoms with Gasteiger partial charge in [0, 0.05) is 23.6 Å². The van der Waals surface area contributed by atoms with Crippen LogP contribution in [-0.2, 0) is 9.53 Å². The molecule has 1 aliphatic rings. The van der Waals surface area contributed by atoms with E-state index in [0.717, 1.165) is 5.69 Å². The summed E-state index contributed by atoms with van der Waals surface area (Å²) >= 11 is 5.86. The van der Waals surface area contributed by atoms with E-state index in [-0.39, 0.29) is 18.1 Å². The van der Waals surface area contributed by atoms with Gasteiger partial charge in [-0.2, -0.15) is 0 Å². The molecule has 2 rings (SSSR count). The molecule has 1 aromatic carbocycles. The van der Waals surface area contributed by atoms with Gasteiger partial charge in [0.05, 0.1) is 12.2 Å². The maximum atomic E-state index is 11.9. The number of nitrogens with two attached hydrogens (primary N) is 1. The maximum absolute atomic E-state index is 11.9. The monoisotopic (exact) mass is 282 g/mol. The zero-order valence-corrected chi connectivity index (χ0v) is 11.9. The highest BCUT2D eigenvalue weighted by molar-refractivity contribution is 6.30. The molecule has 0 aromatic heterocycles. The minimum Gasteiger partial charge on any atom is -0.375 e. The average Bonchev–Trinajstić information content (AvgIpc) is 2.30. The predicted octanol–water partition coefficient (Wildman–Crippen LogP) is 2.56. The molecule has 1 amide bonds. The Bertz CT molecular complexity index is 451. The number of benzene rings is 1. The first kappa shape index (κ1) is 14.2. The summed E-state index contributed by atoms with van der Waals surface area (Å²) in [6.45, 7) is 3.91. The van der Waals surface area contributed by atoms with Crippen molar-refractivity contribution in [2.75, 3.05) is 5.32 Å². The molecule has 0 aliphatic carbocycles. The standard InChI is InChI=1S/C14H19ClN2O2/c1-9-7-14(13(16)18,8-10(2)19-9)17-12-5-3-11(15)4-6-12/h3-6,9-10,17H,7-8H2,1-2H3,(H2,16,18). The van der Waals surface area contributed by atoms with Crippen molar-refractivity contribution >= 4 is 23.2 Å². The summed E-state index contributed by atoms with van der Waals surface area (Å²) in [7, 11) is 0. The SMILES string of the molecule is CC1CC(Nc2ccc(Cl)cc2)(C(N)=O)CC(C)O1. The van der Waals surface area contributed by atoms with Gasteiger partial charge in [-0.3, -0.25) is 4.79 Å². The Hall–Kier alpha value is -1.26. The number of nitrogens with one attached hydrogen (secondary N) is 1. The van der Waals surface area contributed by atoms with Crippen LogP contribution in [0.25, 0.3) is 0 Å². The number of amides is 1. The van der Waals surface area contributed by atoms with E-state index in [1.807, 2.05) is 26.0 Å². The van der Waals surface area contributed by atoms with Crippen molar-refractivity contribution in [3.05, 3.63) is 29.3 Å². The van der Waals surface area contributed by atoms with E-state index in [1.54, 1.807) is 12.1 Å². The van der Waals surface area contributed by atoms with E-state index in [4.69, 9.17) is 22.1 Å². The summed E-state index contributed by atoms with van der Waals surface area (Å²) in [5.74, 6) is -0.343. The van der Waals surface area contributed by atoms with Crippen molar-refractivity contribution in [2.24, 2.45) is 5.73 Å². The summed E-state index contributed by atoms with van der Waals surface area (Å²) in [6.07, 6.45) is 1.12. The van der Waals surface area contributed by atoms with E-state index in [9.17, 15) is 4.79 Å². The second-order valence-electron chi connectivity index (χ2n) is 5.24. The molecule has 3 N–H and O–H groups in total. The summed E-state index contributed by atoms with van der Waals surface area (Å²) in [6, 6.07) is 7.26. The summed E-state index contributed by atoms with van der Waals surface area (Å²) in [5, 5.41) is 3.93. The van der Waals surface area contributed by atoms with E-state index in [2.05, 4.69) is 5.32 Å². The number of rotatable bonds is 3. The summed E-state index contributed by atoms with van der Waals surface area (Å²) in [4.78, 5) is 11.9. The predicted molar refractivity (Wildman–Crippen MR) is 76.2 cm³/mol. The van der Waals surface area contributed by atoms with Crippen LogP contribution in [0.2, 0.25) is 5.02 Å². The maximum Gasteiger partial charge on any atom is 0.243 e. The van der Waals surface area contributed by atoms with E-state index >= 15 is 0 Å². The van der Waals surface area contributed by atoms with Crippen molar-refractivity contribution in [3.63, 3.8) is 0 Å². The van der Waals surface area contributed by atoms with Crippen LogP contribution in [0.1, 0.15) is 26.7 Å². The van der Waals surface area contributed by atoms with Gasteiger partial charge in [0.1, 0.15) is 5.54 Å². The van der Waals surface area contributed by atoms with E-state index < -0.39 is 5.54 Å². The van der Waals surface area contributed by atoms with Crippen LogP contribution in [-0.4, -0.2) is 23.7 Å². The number of primary amides is 1. The number of anilines is 1. The van der Waals surface area contributed by atoms with Gasteiger partial charge in [0.15, 0.2) is 0 Å². The third-order valence-corrected chi connectivity index (χ3v) is 3.69. The van der Waals surface area contributed by atoms with Gasteiger partial charge in [-0.05, 0) is 38.1 Å². The van der Waals surface area contributed by atoms with Crippen molar-refractivity contribution in [1.82, 2.24) is 0 Å². The fourth-order valence-corrected chi connectivity index (χ4v) is 2.86. The molecule has 1 fully saturated rings. The summed E-state index contributed by atoms with van der Waals surface area (Å²) < 4.78 is 5.68. The molecule has 104 valence electrons. The number of carbonyl (C=O) groups is 1. The first-order chi connectivity index (χ1) is 8.91. The molecule has 2 atom stereocenters. The highest BCUT2D eigenvalue weighted by Gasteiger charge is 2.43. The average molecular weight is 283 g/mol. The van der Waals surface area contributed by atoms with Gasteiger partial charge in [-0.25, -0.2) is 0 Å². The minimum atomic E-state index is -0.759. The lowest BCUT2D eigenvalue weighted by Crippen LogP contribution is -2.57. The number of hydrogen-bond acceptors (Lipinski definition) is 3. The molecule has 0 spiro atoms. The second kappa shape index (κ2) is 5.39. The van der Waals surface area contributed by atoms with Gasteiger partial charge in [0.25, 0.3) is 0 Å². The minimum absolute atomic E-state index is 0.00366. The Balaban J connectivity index is 2.24. The Morgan fingerprint density at radius 3 is 2.32 bits per heavy atom.